The molecule has 1 fully saturated rings. The van der Waals surface area contributed by atoms with Gasteiger partial charge in [0.15, 0.2) is 5.13 Å². The normalized spacial score (nSPS) is 25.2. The van der Waals surface area contributed by atoms with Gasteiger partial charge in [0.25, 0.3) is 0 Å². The average Bonchev–Trinajstić information content (AvgIpc) is 2.83. The van der Waals surface area contributed by atoms with Crippen molar-refractivity contribution in [2.24, 2.45) is 0 Å². The molecule has 0 spiro atoms. The van der Waals surface area contributed by atoms with Crippen molar-refractivity contribution in [3.8, 4) is 0 Å². The number of aromatic nitrogens is 1. The predicted molar refractivity (Wildman–Crippen MR) is 76.9 cm³/mol. The van der Waals surface area contributed by atoms with E-state index in [-0.39, 0.29) is 0 Å². The molecule has 3 rings (SSSR count). The van der Waals surface area contributed by atoms with Gasteiger partial charge in [-0.2, -0.15) is 0 Å². The average molecular weight is 285 g/mol. The molecule has 1 N–H and O–H groups in total. The molecule has 4 nitrogen and oxygen atoms in total. The lowest BCUT2D eigenvalue weighted by atomic mass is 9.98. The Morgan fingerprint density at radius 2 is 2.22 bits per heavy atom. The fourth-order valence-corrected chi connectivity index (χ4v) is 4.92. The van der Waals surface area contributed by atoms with E-state index in [0.29, 0.717) is 6.04 Å². The van der Waals surface area contributed by atoms with E-state index in [1.165, 1.54) is 29.8 Å². The highest BCUT2D eigenvalue weighted by atomic mass is 32.2. The van der Waals surface area contributed by atoms with Crippen LogP contribution in [0.15, 0.2) is 0 Å². The second-order valence-corrected chi connectivity index (χ2v) is 7.63. The van der Waals surface area contributed by atoms with E-state index in [2.05, 4.69) is 10.2 Å². The van der Waals surface area contributed by atoms with Crippen LogP contribution in [0.1, 0.15) is 29.5 Å². The molecule has 2 heterocycles. The van der Waals surface area contributed by atoms with Crippen LogP contribution in [-0.2, 0) is 17.2 Å². The van der Waals surface area contributed by atoms with Crippen molar-refractivity contribution < 1.29 is 4.21 Å². The van der Waals surface area contributed by atoms with E-state index in [0.717, 1.165) is 29.7 Å². The smallest absolute Gasteiger partial charge is 0.185 e. The molecule has 0 radical (unpaired) electrons. The minimum absolute atomic E-state index is 0.428. The lowest BCUT2D eigenvalue weighted by molar-refractivity contribution is 0.489. The molecule has 1 atom stereocenters. The molecule has 1 aliphatic heterocycles. The summed E-state index contributed by atoms with van der Waals surface area (Å²) in [5, 5.41) is 4.50. The van der Waals surface area contributed by atoms with Gasteiger partial charge in [-0.05, 0) is 26.3 Å². The van der Waals surface area contributed by atoms with Gasteiger partial charge < -0.3 is 10.2 Å². The fourth-order valence-electron chi connectivity index (χ4n) is 2.65. The van der Waals surface area contributed by atoms with Gasteiger partial charge in [-0.15, -0.1) is 11.3 Å². The van der Waals surface area contributed by atoms with Gasteiger partial charge in [-0.1, -0.05) is 0 Å². The molecular weight excluding hydrogens is 266 g/mol. The van der Waals surface area contributed by atoms with Gasteiger partial charge in [0.05, 0.1) is 11.7 Å². The van der Waals surface area contributed by atoms with Crippen molar-refractivity contribution in [3.05, 3.63) is 10.6 Å². The molecule has 2 aliphatic rings. The zero-order valence-electron chi connectivity index (χ0n) is 10.6. The van der Waals surface area contributed by atoms with E-state index >= 15 is 0 Å². The Hall–Kier alpha value is -0.460. The summed E-state index contributed by atoms with van der Waals surface area (Å²) in [6, 6.07) is 0.428. The van der Waals surface area contributed by atoms with Crippen LogP contribution in [0, 0.1) is 0 Å². The van der Waals surface area contributed by atoms with Gasteiger partial charge >= 0.3 is 0 Å². The predicted octanol–water partition coefficient (Wildman–Crippen LogP) is 1.31. The molecule has 6 heteroatoms. The Bertz CT molecular complexity index is 450. The highest BCUT2D eigenvalue weighted by molar-refractivity contribution is 7.85. The summed E-state index contributed by atoms with van der Waals surface area (Å²) in [4.78, 5) is 8.58. The molecular formula is C12H19N3OS2. The third-order valence-electron chi connectivity index (χ3n) is 3.74. The van der Waals surface area contributed by atoms with Crippen LogP contribution in [0.5, 0.6) is 0 Å². The van der Waals surface area contributed by atoms with E-state index in [9.17, 15) is 4.21 Å². The Morgan fingerprint density at radius 1 is 1.44 bits per heavy atom. The molecule has 1 unspecified atom stereocenters. The lowest BCUT2D eigenvalue weighted by Crippen LogP contribution is -2.37. The highest BCUT2D eigenvalue weighted by Crippen LogP contribution is 2.36. The van der Waals surface area contributed by atoms with Gasteiger partial charge in [-0.25, -0.2) is 4.98 Å². The Balaban J connectivity index is 1.82. The van der Waals surface area contributed by atoms with Crippen LogP contribution in [-0.4, -0.2) is 40.8 Å². The third kappa shape index (κ3) is 2.33. The monoisotopic (exact) mass is 285 g/mol. The van der Waals surface area contributed by atoms with Crippen molar-refractivity contribution in [1.82, 2.24) is 10.3 Å². The number of hydrogen-bond acceptors (Lipinski definition) is 5. The number of anilines is 1. The lowest BCUT2D eigenvalue weighted by Gasteiger charge is -2.25. The molecule has 100 valence electrons. The largest absolute Gasteiger partial charge is 0.346 e. The quantitative estimate of drug-likeness (QED) is 0.890. The maximum Gasteiger partial charge on any atom is 0.185 e. The van der Waals surface area contributed by atoms with E-state index in [4.69, 9.17) is 4.98 Å². The van der Waals surface area contributed by atoms with Gasteiger partial charge in [0.1, 0.15) is 0 Å². The molecule has 0 aromatic carbocycles. The molecule has 1 aromatic heterocycles. The molecule has 1 aliphatic carbocycles. The second kappa shape index (κ2) is 5.27. The summed E-state index contributed by atoms with van der Waals surface area (Å²) < 4.78 is 11.4. The summed E-state index contributed by atoms with van der Waals surface area (Å²) in [6.07, 6.45) is 3.62. The summed E-state index contributed by atoms with van der Waals surface area (Å²) in [5.74, 6) is 1.58. The van der Waals surface area contributed by atoms with Gasteiger partial charge in [-0.3, -0.25) is 4.21 Å². The van der Waals surface area contributed by atoms with Crippen LogP contribution in [0.25, 0.3) is 0 Å². The number of nitrogens with zero attached hydrogens (tertiary/aromatic N) is 2. The topological polar surface area (TPSA) is 45.2 Å². The molecule has 0 bridgehead atoms. The first-order chi connectivity index (χ1) is 8.78. The van der Waals surface area contributed by atoms with Crippen molar-refractivity contribution in [3.63, 3.8) is 0 Å². The number of hydrogen-bond donors (Lipinski definition) is 1. The number of rotatable bonds is 2. The van der Waals surface area contributed by atoms with Crippen LogP contribution >= 0.6 is 11.3 Å². The molecule has 0 amide bonds. The highest BCUT2D eigenvalue weighted by Gasteiger charge is 2.26. The fraction of sp³-hybridized carbons (Fsp3) is 0.750. The third-order valence-corrected chi connectivity index (χ3v) is 6.21. The van der Waals surface area contributed by atoms with E-state index < -0.39 is 10.8 Å². The number of aryl methyl sites for hydroxylation is 1. The summed E-state index contributed by atoms with van der Waals surface area (Å²) in [5.41, 5.74) is 1.26. The molecule has 1 saturated heterocycles. The SMILES string of the molecule is CNC1CCCc2sc(N3CCS(=O)CC3)nc21. The molecule has 0 saturated carbocycles. The molecule has 18 heavy (non-hydrogen) atoms. The number of nitrogens with one attached hydrogen (secondary N) is 1. The molecule has 1 aromatic rings. The first-order valence-electron chi connectivity index (χ1n) is 6.54. The van der Waals surface area contributed by atoms with Crippen molar-refractivity contribution in [2.75, 3.05) is 36.5 Å². The summed E-state index contributed by atoms with van der Waals surface area (Å²) in [7, 11) is 1.41. The standard InChI is InChI=1S/C12H19N3OS2/c1-13-9-3-2-4-10-11(9)14-12(17-10)15-5-7-18(16)8-6-15/h9,13H,2-8H2,1H3. The minimum atomic E-state index is -0.610. The first kappa shape index (κ1) is 12.6. The number of fused-ring (bicyclic) bond motifs is 1. The van der Waals surface area contributed by atoms with Crippen LogP contribution < -0.4 is 10.2 Å². The maximum atomic E-state index is 11.4. The second-order valence-electron chi connectivity index (χ2n) is 4.87. The van der Waals surface area contributed by atoms with Crippen LogP contribution in [0.4, 0.5) is 5.13 Å². The van der Waals surface area contributed by atoms with Crippen molar-refractivity contribution >= 4 is 27.3 Å². The summed E-state index contributed by atoms with van der Waals surface area (Å²) in [6.45, 7) is 1.78. The van der Waals surface area contributed by atoms with Crippen molar-refractivity contribution in [1.29, 1.82) is 0 Å². The maximum absolute atomic E-state index is 11.4. The minimum Gasteiger partial charge on any atom is -0.346 e. The number of thiazole rings is 1. The van der Waals surface area contributed by atoms with E-state index in [1.807, 2.05) is 18.4 Å². The van der Waals surface area contributed by atoms with Crippen LogP contribution in [0.3, 0.4) is 0 Å². The Kier molecular flexibility index (Phi) is 3.68. The summed E-state index contributed by atoms with van der Waals surface area (Å²) >= 11 is 1.84. The zero-order chi connectivity index (χ0) is 12.5. The van der Waals surface area contributed by atoms with Gasteiger partial charge in [0, 0.05) is 40.3 Å². The Labute approximate surface area is 114 Å². The van der Waals surface area contributed by atoms with Crippen LogP contribution in [0.2, 0.25) is 0 Å². The first-order valence-corrected chi connectivity index (χ1v) is 8.85. The zero-order valence-corrected chi connectivity index (χ0v) is 12.3. The Morgan fingerprint density at radius 3 is 2.94 bits per heavy atom. The van der Waals surface area contributed by atoms with Gasteiger partial charge in [0.2, 0.25) is 0 Å². The van der Waals surface area contributed by atoms with E-state index in [1.54, 1.807) is 0 Å². The van der Waals surface area contributed by atoms with Crippen molar-refractivity contribution in [2.45, 2.75) is 25.3 Å².